The molecule has 0 fully saturated rings. The Morgan fingerprint density at radius 1 is 1.13 bits per heavy atom. The number of rotatable bonds is 3. The molecule has 2 aromatic carbocycles. The fraction of sp³-hybridized carbons (Fsp3) is 0.222. The zero-order valence-electron chi connectivity index (χ0n) is 12.7. The van der Waals surface area contributed by atoms with Crippen molar-refractivity contribution in [1.82, 2.24) is 10.2 Å². The Labute approximate surface area is 139 Å². The van der Waals surface area contributed by atoms with Crippen molar-refractivity contribution in [3.8, 4) is 11.5 Å². The summed E-state index contributed by atoms with van der Waals surface area (Å²) in [4.78, 5) is 2.31. The molecule has 0 amide bonds. The van der Waals surface area contributed by atoms with Gasteiger partial charge in [0.1, 0.15) is 0 Å². The number of aromatic nitrogens is 2. The topological polar surface area (TPSA) is 42.2 Å². The van der Waals surface area contributed by atoms with Gasteiger partial charge < -0.3 is 9.32 Å². The Bertz CT molecular complexity index is 828. The van der Waals surface area contributed by atoms with E-state index >= 15 is 0 Å². The van der Waals surface area contributed by atoms with Gasteiger partial charge in [-0.3, -0.25) is 0 Å². The molecule has 0 saturated carbocycles. The summed E-state index contributed by atoms with van der Waals surface area (Å²) < 4.78 is 5.83. The molecule has 1 atom stereocenters. The van der Waals surface area contributed by atoms with Crippen LogP contribution in [0.5, 0.6) is 0 Å². The summed E-state index contributed by atoms with van der Waals surface area (Å²) in [5.41, 5.74) is 3.51. The molecule has 1 unspecified atom stereocenters. The van der Waals surface area contributed by atoms with Gasteiger partial charge >= 0.3 is 0 Å². The van der Waals surface area contributed by atoms with Gasteiger partial charge in [0, 0.05) is 22.3 Å². The molecule has 1 aliphatic heterocycles. The van der Waals surface area contributed by atoms with E-state index in [1.165, 1.54) is 11.3 Å². The highest BCUT2D eigenvalue weighted by atomic mass is 35.5. The van der Waals surface area contributed by atoms with E-state index in [2.05, 4.69) is 46.3 Å². The van der Waals surface area contributed by atoms with Crippen molar-refractivity contribution < 1.29 is 4.42 Å². The predicted molar refractivity (Wildman–Crippen MR) is 90.5 cm³/mol. The first-order valence-electron chi connectivity index (χ1n) is 7.63. The van der Waals surface area contributed by atoms with Crippen LogP contribution in [0.1, 0.15) is 18.4 Å². The number of hydrogen-bond donors (Lipinski definition) is 0. The summed E-state index contributed by atoms with van der Waals surface area (Å²) in [7, 11) is 0. The molecular formula is C18H16ClN3O. The van der Waals surface area contributed by atoms with Crippen molar-refractivity contribution in [3.63, 3.8) is 0 Å². The van der Waals surface area contributed by atoms with Crippen molar-refractivity contribution >= 4 is 17.3 Å². The second-order valence-electron chi connectivity index (χ2n) is 5.82. The monoisotopic (exact) mass is 325 g/mol. The van der Waals surface area contributed by atoms with Crippen molar-refractivity contribution in [2.45, 2.75) is 25.9 Å². The SMILES string of the molecule is CC1Cc2ccccc2N1Cc1nnc(-c2ccc(Cl)cc2)o1. The summed E-state index contributed by atoms with van der Waals surface area (Å²) in [5, 5.41) is 9.04. The molecule has 23 heavy (non-hydrogen) atoms. The van der Waals surface area contributed by atoms with Gasteiger partial charge in [0.15, 0.2) is 0 Å². The minimum absolute atomic E-state index is 0.429. The number of nitrogens with zero attached hydrogens (tertiary/aromatic N) is 3. The third-order valence-electron chi connectivity index (χ3n) is 4.21. The van der Waals surface area contributed by atoms with Crippen LogP contribution in [0.15, 0.2) is 52.9 Å². The highest BCUT2D eigenvalue weighted by Crippen LogP contribution is 2.33. The van der Waals surface area contributed by atoms with E-state index in [9.17, 15) is 0 Å². The minimum atomic E-state index is 0.429. The molecule has 5 heteroatoms. The normalized spacial score (nSPS) is 16.6. The second-order valence-corrected chi connectivity index (χ2v) is 6.25. The van der Waals surface area contributed by atoms with E-state index in [0.29, 0.717) is 29.4 Å². The molecule has 1 aliphatic rings. The van der Waals surface area contributed by atoms with Crippen molar-refractivity contribution in [3.05, 3.63) is 65.0 Å². The maximum atomic E-state index is 5.91. The quantitative estimate of drug-likeness (QED) is 0.718. The lowest BCUT2D eigenvalue weighted by atomic mass is 10.1. The zero-order valence-corrected chi connectivity index (χ0v) is 13.5. The molecule has 0 bridgehead atoms. The van der Waals surface area contributed by atoms with Crippen LogP contribution in [-0.4, -0.2) is 16.2 Å². The predicted octanol–water partition coefficient (Wildman–Crippen LogP) is 4.34. The van der Waals surface area contributed by atoms with Crippen LogP contribution in [0.2, 0.25) is 5.02 Å². The molecular weight excluding hydrogens is 310 g/mol. The van der Waals surface area contributed by atoms with Gasteiger partial charge in [-0.15, -0.1) is 10.2 Å². The van der Waals surface area contributed by atoms with Crippen LogP contribution in [0.25, 0.3) is 11.5 Å². The van der Waals surface area contributed by atoms with Crippen LogP contribution >= 0.6 is 11.6 Å². The smallest absolute Gasteiger partial charge is 0.247 e. The number of benzene rings is 2. The molecule has 3 aromatic rings. The van der Waals surface area contributed by atoms with Crippen molar-refractivity contribution in [2.75, 3.05) is 4.90 Å². The fourth-order valence-electron chi connectivity index (χ4n) is 3.04. The van der Waals surface area contributed by atoms with Gasteiger partial charge in [-0.1, -0.05) is 29.8 Å². The summed E-state index contributed by atoms with van der Waals surface area (Å²) in [5.74, 6) is 1.15. The second kappa shape index (κ2) is 5.70. The Morgan fingerprint density at radius 2 is 1.91 bits per heavy atom. The highest BCUT2D eigenvalue weighted by molar-refractivity contribution is 6.30. The van der Waals surface area contributed by atoms with E-state index in [1.54, 1.807) is 0 Å². The van der Waals surface area contributed by atoms with Gasteiger partial charge in [-0.05, 0) is 49.2 Å². The Morgan fingerprint density at radius 3 is 2.74 bits per heavy atom. The van der Waals surface area contributed by atoms with E-state index in [1.807, 2.05) is 24.3 Å². The van der Waals surface area contributed by atoms with E-state index in [0.717, 1.165) is 12.0 Å². The average molecular weight is 326 g/mol. The number of anilines is 1. The summed E-state index contributed by atoms with van der Waals surface area (Å²) in [6.07, 6.45) is 1.05. The Hall–Kier alpha value is -2.33. The Kier molecular flexibility index (Phi) is 3.54. The summed E-state index contributed by atoms with van der Waals surface area (Å²) >= 11 is 5.91. The third kappa shape index (κ3) is 2.70. The molecule has 1 aromatic heterocycles. The van der Waals surface area contributed by atoms with Crippen LogP contribution in [-0.2, 0) is 13.0 Å². The lowest BCUT2D eigenvalue weighted by Gasteiger charge is -2.22. The lowest BCUT2D eigenvalue weighted by Crippen LogP contribution is -2.28. The van der Waals surface area contributed by atoms with E-state index in [-0.39, 0.29) is 0 Å². The molecule has 0 N–H and O–H groups in total. The molecule has 116 valence electrons. The van der Waals surface area contributed by atoms with Crippen LogP contribution in [0, 0.1) is 0 Å². The minimum Gasteiger partial charge on any atom is -0.419 e. The van der Waals surface area contributed by atoms with Crippen molar-refractivity contribution in [2.24, 2.45) is 0 Å². The molecule has 4 nitrogen and oxygen atoms in total. The third-order valence-corrected chi connectivity index (χ3v) is 4.46. The maximum absolute atomic E-state index is 5.91. The van der Waals surface area contributed by atoms with Gasteiger partial charge in [-0.25, -0.2) is 0 Å². The lowest BCUT2D eigenvalue weighted by molar-refractivity contribution is 0.489. The van der Waals surface area contributed by atoms with E-state index in [4.69, 9.17) is 16.0 Å². The molecule has 2 heterocycles. The van der Waals surface area contributed by atoms with Crippen LogP contribution < -0.4 is 4.90 Å². The molecule has 0 spiro atoms. The van der Waals surface area contributed by atoms with Gasteiger partial charge in [0.05, 0.1) is 6.54 Å². The number of fused-ring (bicyclic) bond motifs is 1. The Balaban J connectivity index is 1.57. The molecule has 0 saturated heterocycles. The first kappa shape index (κ1) is 14.3. The number of para-hydroxylation sites is 1. The molecule has 0 aliphatic carbocycles. The van der Waals surface area contributed by atoms with Crippen LogP contribution in [0.4, 0.5) is 5.69 Å². The van der Waals surface area contributed by atoms with Gasteiger partial charge in [0.2, 0.25) is 11.8 Å². The maximum Gasteiger partial charge on any atom is 0.247 e. The summed E-state index contributed by atoms with van der Waals surface area (Å²) in [6.45, 7) is 2.84. The fourth-order valence-corrected chi connectivity index (χ4v) is 3.17. The first-order chi connectivity index (χ1) is 11.2. The average Bonchev–Trinajstić information content (AvgIpc) is 3.14. The highest BCUT2D eigenvalue weighted by Gasteiger charge is 2.27. The molecule has 4 rings (SSSR count). The van der Waals surface area contributed by atoms with Gasteiger partial charge in [0.25, 0.3) is 0 Å². The van der Waals surface area contributed by atoms with E-state index < -0.39 is 0 Å². The van der Waals surface area contributed by atoms with Crippen molar-refractivity contribution in [1.29, 1.82) is 0 Å². The van der Waals surface area contributed by atoms with Gasteiger partial charge in [-0.2, -0.15) is 0 Å². The molecule has 0 radical (unpaired) electrons. The standard InChI is InChI=1S/C18H16ClN3O/c1-12-10-14-4-2-3-5-16(14)22(12)11-17-20-21-18(23-17)13-6-8-15(19)9-7-13/h2-9,12H,10-11H2,1H3. The number of halogens is 1. The van der Waals surface area contributed by atoms with Crippen LogP contribution in [0.3, 0.4) is 0 Å². The first-order valence-corrected chi connectivity index (χ1v) is 8.01. The number of hydrogen-bond acceptors (Lipinski definition) is 4. The largest absolute Gasteiger partial charge is 0.419 e. The zero-order chi connectivity index (χ0) is 15.8. The summed E-state index contributed by atoms with van der Waals surface area (Å²) in [6, 6.07) is 16.3.